The number of carbonyl (C=O) groups excluding carboxylic acids is 2. The molecule has 5 heteroatoms. The maximum atomic E-state index is 13.2. The standard InChI is InChI=1S/C24H15N3O2/c1-12-6-8-18-16(10-12)17(11-25-18)24-26-19-9-7-15-20(21(19)27-24)23(29)14-5-3-2-4-13(14)22(15)28/h2-11,25H,1H3,(H,26,27). The molecule has 2 aromatic heterocycles. The molecule has 2 N–H and O–H groups in total. The highest BCUT2D eigenvalue weighted by molar-refractivity contribution is 6.31. The molecule has 0 atom stereocenters. The predicted molar refractivity (Wildman–Crippen MR) is 111 cm³/mol. The van der Waals surface area contributed by atoms with Crippen LogP contribution >= 0.6 is 0 Å². The number of H-pyrrole nitrogens is 2. The molecule has 0 aliphatic heterocycles. The molecule has 3 aromatic carbocycles. The maximum absolute atomic E-state index is 13.2. The number of hydrogen-bond acceptors (Lipinski definition) is 3. The fourth-order valence-corrected chi connectivity index (χ4v) is 4.21. The second kappa shape index (κ2) is 5.52. The van der Waals surface area contributed by atoms with Crippen LogP contribution in [0.25, 0.3) is 33.3 Å². The maximum Gasteiger partial charge on any atom is 0.196 e. The first-order valence-electron chi connectivity index (χ1n) is 9.41. The SMILES string of the molecule is Cc1ccc2[nH]cc(-c3nc4c5c(ccc4[nH]3)C(=O)c3ccccc3C5=O)c2c1. The first-order valence-corrected chi connectivity index (χ1v) is 9.41. The molecule has 29 heavy (non-hydrogen) atoms. The minimum Gasteiger partial charge on any atom is -0.360 e. The summed E-state index contributed by atoms with van der Waals surface area (Å²) in [4.78, 5) is 37.5. The highest BCUT2D eigenvalue weighted by Crippen LogP contribution is 2.34. The van der Waals surface area contributed by atoms with Crippen LogP contribution in [0.15, 0.2) is 60.8 Å². The van der Waals surface area contributed by atoms with Gasteiger partial charge >= 0.3 is 0 Å². The summed E-state index contributed by atoms with van der Waals surface area (Å²) < 4.78 is 0. The number of carbonyl (C=O) groups is 2. The Morgan fingerprint density at radius 1 is 0.793 bits per heavy atom. The van der Waals surface area contributed by atoms with Gasteiger partial charge in [0, 0.05) is 39.4 Å². The molecule has 1 aliphatic rings. The third kappa shape index (κ3) is 2.12. The van der Waals surface area contributed by atoms with E-state index in [4.69, 9.17) is 4.98 Å². The Kier molecular flexibility index (Phi) is 3.04. The number of ketones is 2. The van der Waals surface area contributed by atoms with E-state index in [-0.39, 0.29) is 11.6 Å². The molecule has 1 aliphatic carbocycles. The van der Waals surface area contributed by atoms with Crippen molar-refractivity contribution >= 4 is 33.5 Å². The fraction of sp³-hybridized carbons (Fsp3) is 0.0417. The highest BCUT2D eigenvalue weighted by Gasteiger charge is 2.32. The van der Waals surface area contributed by atoms with Gasteiger partial charge < -0.3 is 9.97 Å². The van der Waals surface area contributed by atoms with Crippen molar-refractivity contribution in [3.63, 3.8) is 0 Å². The van der Waals surface area contributed by atoms with E-state index in [0.717, 1.165) is 27.5 Å². The van der Waals surface area contributed by atoms with Gasteiger partial charge in [-0.1, -0.05) is 35.9 Å². The summed E-state index contributed by atoms with van der Waals surface area (Å²) in [5.74, 6) is 0.377. The molecule has 0 radical (unpaired) electrons. The van der Waals surface area contributed by atoms with E-state index in [9.17, 15) is 9.59 Å². The zero-order valence-electron chi connectivity index (χ0n) is 15.5. The van der Waals surface area contributed by atoms with E-state index < -0.39 is 0 Å². The van der Waals surface area contributed by atoms with Crippen molar-refractivity contribution in [2.45, 2.75) is 6.92 Å². The molecular weight excluding hydrogens is 362 g/mol. The van der Waals surface area contributed by atoms with E-state index in [1.165, 1.54) is 0 Å². The minimum atomic E-state index is -0.159. The summed E-state index contributed by atoms with van der Waals surface area (Å²) >= 11 is 0. The Morgan fingerprint density at radius 2 is 1.55 bits per heavy atom. The van der Waals surface area contributed by atoms with Crippen LogP contribution in [0.1, 0.15) is 37.4 Å². The molecule has 5 nitrogen and oxygen atoms in total. The zero-order valence-corrected chi connectivity index (χ0v) is 15.5. The lowest BCUT2D eigenvalue weighted by molar-refractivity contribution is 0.0980. The fourth-order valence-electron chi connectivity index (χ4n) is 4.21. The second-order valence-corrected chi connectivity index (χ2v) is 7.42. The molecule has 2 heterocycles. The molecule has 0 saturated heterocycles. The normalized spacial score (nSPS) is 13.1. The number of nitrogens with zero attached hydrogens (tertiary/aromatic N) is 1. The van der Waals surface area contributed by atoms with Crippen LogP contribution in [0.2, 0.25) is 0 Å². The van der Waals surface area contributed by atoms with Gasteiger partial charge in [0.25, 0.3) is 0 Å². The quantitative estimate of drug-likeness (QED) is 0.432. The molecule has 0 bridgehead atoms. The topological polar surface area (TPSA) is 78.6 Å². The number of aromatic nitrogens is 3. The van der Waals surface area contributed by atoms with Crippen LogP contribution in [0.3, 0.4) is 0 Å². The largest absolute Gasteiger partial charge is 0.360 e. The van der Waals surface area contributed by atoms with Gasteiger partial charge in [-0.25, -0.2) is 4.98 Å². The van der Waals surface area contributed by atoms with Gasteiger partial charge in [-0.15, -0.1) is 0 Å². The van der Waals surface area contributed by atoms with Crippen molar-refractivity contribution < 1.29 is 9.59 Å². The number of fused-ring (bicyclic) bond motifs is 5. The third-order valence-corrected chi connectivity index (χ3v) is 5.63. The van der Waals surface area contributed by atoms with Gasteiger partial charge in [0.05, 0.1) is 11.1 Å². The average molecular weight is 377 g/mol. The van der Waals surface area contributed by atoms with Gasteiger partial charge in [0.15, 0.2) is 11.6 Å². The molecule has 0 fully saturated rings. The second-order valence-electron chi connectivity index (χ2n) is 7.42. The van der Waals surface area contributed by atoms with E-state index in [1.807, 2.05) is 25.3 Å². The monoisotopic (exact) mass is 377 g/mol. The smallest absolute Gasteiger partial charge is 0.196 e. The lowest BCUT2D eigenvalue weighted by atomic mass is 9.83. The molecule has 138 valence electrons. The molecular formula is C24H15N3O2. The van der Waals surface area contributed by atoms with Gasteiger partial charge in [0.2, 0.25) is 0 Å². The average Bonchev–Trinajstić information content (AvgIpc) is 3.34. The molecule has 0 amide bonds. The van der Waals surface area contributed by atoms with Crippen molar-refractivity contribution in [3.05, 3.63) is 88.6 Å². The number of aromatic amines is 2. The Bertz CT molecular complexity index is 1500. The van der Waals surface area contributed by atoms with Crippen LogP contribution in [0, 0.1) is 6.92 Å². The number of hydrogen-bond donors (Lipinski definition) is 2. The summed E-state index contributed by atoms with van der Waals surface area (Å²) in [6.07, 6.45) is 1.91. The van der Waals surface area contributed by atoms with Crippen molar-refractivity contribution in [2.75, 3.05) is 0 Å². The van der Waals surface area contributed by atoms with Crippen LogP contribution in [0.4, 0.5) is 0 Å². The Hall–Kier alpha value is -3.99. The van der Waals surface area contributed by atoms with E-state index in [1.54, 1.807) is 30.3 Å². The number of aryl methyl sites for hydroxylation is 1. The lowest BCUT2D eigenvalue weighted by Gasteiger charge is -2.17. The van der Waals surface area contributed by atoms with Gasteiger partial charge in [0.1, 0.15) is 11.3 Å². The highest BCUT2D eigenvalue weighted by atomic mass is 16.1. The number of imidazole rings is 1. The van der Waals surface area contributed by atoms with Crippen molar-refractivity contribution in [3.8, 4) is 11.4 Å². The number of rotatable bonds is 1. The van der Waals surface area contributed by atoms with Gasteiger partial charge in [-0.2, -0.15) is 0 Å². The van der Waals surface area contributed by atoms with Crippen molar-refractivity contribution in [2.24, 2.45) is 0 Å². The van der Waals surface area contributed by atoms with Crippen LogP contribution in [-0.2, 0) is 0 Å². The first kappa shape index (κ1) is 16.0. The van der Waals surface area contributed by atoms with Crippen LogP contribution < -0.4 is 0 Å². The van der Waals surface area contributed by atoms with Gasteiger partial charge in [-0.05, 0) is 31.2 Å². The van der Waals surface area contributed by atoms with E-state index >= 15 is 0 Å². The molecule has 6 rings (SSSR count). The molecule has 0 saturated carbocycles. The Morgan fingerprint density at radius 3 is 2.38 bits per heavy atom. The Balaban J connectivity index is 1.61. The predicted octanol–water partition coefficient (Wildman–Crippen LogP) is 4.80. The van der Waals surface area contributed by atoms with E-state index in [0.29, 0.717) is 33.6 Å². The molecule has 0 spiro atoms. The summed E-state index contributed by atoms with van der Waals surface area (Å²) in [6.45, 7) is 2.05. The number of benzene rings is 3. The summed E-state index contributed by atoms with van der Waals surface area (Å²) in [6, 6.07) is 16.7. The minimum absolute atomic E-state index is 0.135. The summed E-state index contributed by atoms with van der Waals surface area (Å²) in [7, 11) is 0. The van der Waals surface area contributed by atoms with E-state index in [2.05, 4.69) is 22.1 Å². The van der Waals surface area contributed by atoms with Crippen molar-refractivity contribution in [1.29, 1.82) is 0 Å². The third-order valence-electron chi connectivity index (χ3n) is 5.63. The Labute approximate surface area is 165 Å². The van der Waals surface area contributed by atoms with Crippen molar-refractivity contribution in [1.82, 2.24) is 15.0 Å². The van der Waals surface area contributed by atoms with Crippen LogP contribution in [0.5, 0.6) is 0 Å². The summed E-state index contributed by atoms with van der Waals surface area (Å²) in [5.41, 5.74) is 6.06. The zero-order chi connectivity index (χ0) is 19.7. The molecule has 0 unspecified atom stereocenters. The van der Waals surface area contributed by atoms with Gasteiger partial charge in [-0.3, -0.25) is 9.59 Å². The van der Waals surface area contributed by atoms with Crippen LogP contribution in [-0.4, -0.2) is 26.5 Å². The first-order chi connectivity index (χ1) is 14.1. The molecule has 5 aromatic rings. The number of nitrogens with one attached hydrogen (secondary N) is 2. The lowest BCUT2D eigenvalue weighted by Crippen LogP contribution is -2.21. The summed E-state index contributed by atoms with van der Waals surface area (Å²) in [5, 5.41) is 1.06.